The molecule has 142 valence electrons. The Labute approximate surface area is 158 Å². The van der Waals surface area contributed by atoms with Gasteiger partial charge in [0.05, 0.1) is 6.54 Å². The zero-order valence-corrected chi connectivity index (χ0v) is 15.7. The highest BCUT2D eigenvalue weighted by atomic mass is 15.4. The van der Waals surface area contributed by atoms with Crippen LogP contribution in [0.25, 0.3) is 5.65 Å². The molecule has 2 aliphatic rings. The molecule has 5 heterocycles. The number of fused-ring (bicyclic) bond motifs is 1. The molecular formula is C18H25N9. The van der Waals surface area contributed by atoms with Crippen LogP contribution in [0.5, 0.6) is 0 Å². The van der Waals surface area contributed by atoms with Gasteiger partial charge in [-0.05, 0) is 50.9 Å². The minimum Gasteiger partial charge on any atom is -0.355 e. The number of likely N-dealkylation sites (tertiary alicyclic amines) is 1. The molecule has 2 saturated heterocycles. The van der Waals surface area contributed by atoms with Crippen molar-refractivity contribution in [1.29, 1.82) is 0 Å². The van der Waals surface area contributed by atoms with E-state index in [1.54, 1.807) is 6.33 Å². The summed E-state index contributed by atoms with van der Waals surface area (Å²) >= 11 is 0. The van der Waals surface area contributed by atoms with Gasteiger partial charge in [-0.3, -0.25) is 4.90 Å². The third kappa shape index (κ3) is 3.16. The predicted octanol–water partition coefficient (Wildman–Crippen LogP) is 1.23. The Morgan fingerprint density at radius 2 is 1.81 bits per heavy atom. The van der Waals surface area contributed by atoms with E-state index in [2.05, 4.69) is 36.3 Å². The van der Waals surface area contributed by atoms with Gasteiger partial charge in [0.1, 0.15) is 18.0 Å². The molecule has 0 aliphatic carbocycles. The smallest absolute Gasteiger partial charge is 0.178 e. The Balaban J connectivity index is 1.31. The molecule has 0 radical (unpaired) electrons. The standard InChI is InChI=1S/C18H25N9/c1-24-13-19-20-17(24)12-25-10-6-14(7-11-25)18-22-21-15-4-5-16(23-27(15)18)26-8-2-3-9-26/h4-5,13-14H,2-3,6-12H2,1H3. The Kier molecular flexibility index (Phi) is 4.23. The fourth-order valence-corrected chi connectivity index (χ4v) is 4.16. The highest BCUT2D eigenvalue weighted by molar-refractivity contribution is 5.46. The van der Waals surface area contributed by atoms with Crippen molar-refractivity contribution in [3.05, 3.63) is 30.1 Å². The van der Waals surface area contributed by atoms with Crippen molar-refractivity contribution in [2.75, 3.05) is 31.1 Å². The second-order valence-corrected chi connectivity index (χ2v) is 7.62. The van der Waals surface area contributed by atoms with Gasteiger partial charge >= 0.3 is 0 Å². The monoisotopic (exact) mass is 367 g/mol. The molecule has 5 rings (SSSR count). The predicted molar refractivity (Wildman–Crippen MR) is 100 cm³/mol. The van der Waals surface area contributed by atoms with Crippen LogP contribution in [0.3, 0.4) is 0 Å². The molecule has 0 spiro atoms. The Bertz CT molecular complexity index is 916. The summed E-state index contributed by atoms with van der Waals surface area (Å²) in [6, 6.07) is 4.11. The van der Waals surface area contributed by atoms with E-state index in [9.17, 15) is 0 Å². The molecule has 9 heteroatoms. The van der Waals surface area contributed by atoms with Crippen molar-refractivity contribution in [3.63, 3.8) is 0 Å². The Morgan fingerprint density at radius 1 is 1.00 bits per heavy atom. The van der Waals surface area contributed by atoms with Crippen LogP contribution in [0.1, 0.15) is 43.3 Å². The zero-order chi connectivity index (χ0) is 18.2. The van der Waals surface area contributed by atoms with E-state index in [4.69, 9.17) is 5.10 Å². The molecule has 0 N–H and O–H groups in total. The molecule has 0 bridgehead atoms. The Morgan fingerprint density at radius 3 is 2.56 bits per heavy atom. The van der Waals surface area contributed by atoms with Crippen molar-refractivity contribution in [1.82, 2.24) is 39.5 Å². The van der Waals surface area contributed by atoms with Crippen molar-refractivity contribution >= 4 is 11.5 Å². The molecule has 0 atom stereocenters. The third-order valence-electron chi connectivity index (χ3n) is 5.83. The quantitative estimate of drug-likeness (QED) is 0.686. The summed E-state index contributed by atoms with van der Waals surface area (Å²) in [5, 5.41) is 21.9. The lowest BCUT2D eigenvalue weighted by Gasteiger charge is -2.30. The van der Waals surface area contributed by atoms with E-state index in [0.717, 1.165) is 68.7 Å². The SMILES string of the molecule is Cn1cnnc1CN1CCC(c2nnc3ccc(N4CCCC4)nn23)CC1. The highest BCUT2D eigenvalue weighted by Gasteiger charge is 2.26. The van der Waals surface area contributed by atoms with E-state index < -0.39 is 0 Å². The topological polar surface area (TPSA) is 80.3 Å². The summed E-state index contributed by atoms with van der Waals surface area (Å²) in [4.78, 5) is 4.79. The minimum atomic E-state index is 0.400. The summed E-state index contributed by atoms with van der Waals surface area (Å²) in [5.41, 5.74) is 0.842. The number of piperidine rings is 1. The van der Waals surface area contributed by atoms with Gasteiger partial charge in [0, 0.05) is 26.1 Å². The number of anilines is 1. The van der Waals surface area contributed by atoms with Crippen LogP contribution in [0.4, 0.5) is 5.82 Å². The molecule has 0 amide bonds. The van der Waals surface area contributed by atoms with E-state index in [1.165, 1.54) is 12.8 Å². The second-order valence-electron chi connectivity index (χ2n) is 7.62. The summed E-state index contributed by atoms with van der Waals surface area (Å²) in [7, 11) is 1.99. The summed E-state index contributed by atoms with van der Waals surface area (Å²) in [5.74, 6) is 3.46. The van der Waals surface area contributed by atoms with Gasteiger partial charge < -0.3 is 9.47 Å². The number of rotatable bonds is 4. The van der Waals surface area contributed by atoms with E-state index in [0.29, 0.717) is 5.92 Å². The van der Waals surface area contributed by atoms with Crippen LogP contribution in [0, 0.1) is 0 Å². The van der Waals surface area contributed by atoms with Crippen LogP contribution >= 0.6 is 0 Å². The van der Waals surface area contributed by atoms with Gasteiger partial charge in [-0.2, -0.15) is 4.52 Å². The van der Waals surface area contributed by atoms with Gasteiger partial charge in [0.15, 0.2) is 11.5 Å². The van der Waals surface area contributed by atoms with Gasteiger partial charge in [-0.1, -0.05) is 0 Å². The number of nitrogens with zero attached hydrogens (tertiary/aromatic N) is 9. The van der Waals surface area contributed by atoms with E-state index in [-0.39, 0.29) is 0 Å². The lowest BCUT2D eigenvalue weighted by Crippen LogP contribution is -2.34. The number of aromatic nitrogens is 7. The van der Waals surface area contributed by atoms with Crippen molar-refractivity contribution in [3.8, 4) is 0 Å². The summed E-state index contributed by atoms with van der Waals surface area (Å²) in [6.07, 6.45) is 6.38. The van der Waals surface area contributed by atoms with Crippen molar-refractivity contribution in [2.45, 2.75) is 38.1 Å². The number of aryl methyl sites for hydroxylation is 1. The molecular weight excluding hydrogens is 342 g/mol. The molecule has 2 aliphatic heterocycles. The second kappa shape index (κ2) is 6.88. The zero-order valence-electron chi connectivity index (χ0n) is 15.7. The molecule has 27 heavy (non-hydrogen) atoms. The summed E-state index contributed by atoms with van der Waals surface area (Å²) in [6.45, 7) is 5.09. The third-order valence-corrected chi connectivity index (χ3v) is 5.83. The first-order valence-electron chi connectivity index (χ1n) is 9.80. The van der Waals surface area contributed by atoms with Crippen LogP contribution in [0.15, 0.2) is 18.5 Å². The van der Waals surface area contributed by atoms with Crippen LogP contribution in [-0.4, -0.2) is 65.7 Å². The van der Waals surface area contributed by atoms with Gasteiger partial charge in [0.25, 0.3) is 0 Å². The average molecular weight is 367 g/mol. The normalized spacial score (nSPS) is 19.4. The minimum absolute atomic E-state index is 0.400. The van der Waals surface area contributed by atoms with Crippen LogP contribution < -0.4 is 4.90 Å². The maximum atomic E-state index is 4.87. The average Bonchev–Trinajstić information content (AvgIpc) is 3.44. The van der Waals surface area contributed by atoms with Gasteiger partial charge in [-0.25, -0.2) is 0 Å². The first-order valence-corrected chi connectivity index (χ1v) is 9.80. The van der Waals surface area contributed by atoms with Crippen molar-refractivity contribution < 1.29 is 0 Å². The lowest BCUT2D eigenvalue weighted by molar-refractivity contribution is 0.195. The molecule has 0 aromatic carbocycles. The molecule has 3 aromatic rings. The molecule has 3 aromatic heterocycles. The Hall–Kier alpha value is -2.55. The number of hydrogen-bond donors (Lipinski definition) is 0. The fourth-order valence-electron chi connectivity index (χ4n) is 4.16. The van der Waals surface area contributed by atoms with Crippen LogP contribution in [-0.2, 0) is 13.6 Å². The molecule has 0 unspecified atom stereocenters. The fraction of sp³-hybridized carbons (Fsp3) is 0.611. The first kappa shape index (κ1) is 16.6. The first-order chi connectivity index (χ1) is 13.3. The summed E-state index contributed by atoms with van der Waals surface area (Å²) < 4.78 is 3.96. The van der Waals surface area contributed by atoms with Crippen molar-refractivity contribution in [2.24, 2.45) is 7.05 Å². The van der Waals surface area contributed by atoms with E-state index in [1.807, 2.05) is 22.2 Å². The maximum absolute atomic E-state index is 4.87. The highest BCUT2D eigenvalue weighted by Crippen LogP contribution is 2.28. The van der Waals surface area contributed by atoms with E-state index >= 15 is 0 Å². The molecule has 0 saturated carbocycles. The maximum Gasteiger partial charge on any atom is 0.178 e. The number of hydrogen-bond acceptors (Lipinski definition) is 7. The molecule has 2 fully saturated rings. The van der Waals surface area contributed by atoms with Gasteiger partial charge in [-0.15, -0.1) is 25.5 Å². The lowest BCUT2D eigenvalue weighted by atomic mass is 9.96. The molecule has 9 nitrogen and oxygen atoms in total. The van der Waals surface area contributed by atoms with Gasteiger partial charge in [0.2, 0.25) is 0 Å². The van der Waals surface area contributed by atoms with Crippen LogP contribution in [0.2, 0.25) is 0 Å². The largest absolute Gasteiger partial charge is 0.355 e.